The first-order valence-electron chi connectivity index (χ1n) is 7.86. The second-order valence-electron chi connectivity index (χ2n) is 6.72. The molecule has 2 N–H and O–H groups in total. The van der Waals surface area contributed by atoms with Crippen molar-refractivity contribution in [1.82, 2.24) is 10.2 Å². The monoisotopic (exact) mass is 371 g/mol. The van der Waals surface area contributed by atoms with Gasteiger partial charge in [-0.05, 0) is 30.7 Å². The number of likely N-dealkylation sites (tertiary alicyclic amines) is 1. The summed E-state index contributed by atoms with van der Waals surface area (Å²) in [6.45, 7) is 1.02. The van der Waals surface area contributed by atoms with Gasteiger partial charge < -0.3 is 15.5 Å². The van der Waals surface area contributed by atoms with Gasteiger partial charge in [-0.15, -0.1) is 0 Å². The lowest BCUT2D eigenvalue weighted by Gasteiger charge is -2.27. The molecule has 24 heavy (non-hydrogen) atoms. The maximum absolute atomic E-state index is 14.8. The predicted octanol–water partition coefficient (Wildman–Crippen LogP) is 2.12. The van der Waals surface area contributed by atoms with Crippen molar-refractivity contribution >= 4 is 40.7 Å². The Bertz CT molecular complexity index is 751. The first-order chi connectivity index (χ1) is 11.4. The highest BCUT2D eigenvalue weighted by Gasteiger charge is 2.55. The van der Waals surface area contributed by atoms with Crippen LogP contribution in [0.1, 0.15) is 18.4 Å². The Kier molecular flexibility index (Phi) is 3.57. The van der Waals surface area contributed by atoms with Crippen LogP contribution < -0.4 is 10.6 Å². The maximum Gasteiger partial charge on any atom is 0.261 e. The van der Waals surface area contributed by atoms with Crippen LogP contribution in [0.4, 0.5) is 10.1 Å². The molecule has 8 heteroatoms. The van der Waals surface area contributed by atoms with Crippen molar-refractivity contribution in [2.75, 3.05) is 31.5 Å². The molecule has 5 nitrogen and oxygen atoms in total. The average Bonchev–Trinajstić information content (AvgIpc) is 3.23. The van der Waals surface area contributed by atoms with Crippen molar-refractivity contribution in [2.45, 2.75) is 23.9 Å². The molecule has 0 saturated carbocycles. The summed E-state index contributed by atoms with van der Waals surface area (Å²) < 4.78 is 14.8. The molecular weight excluding hydrogens is 356 g/mol. The third kappa shape index (κ3) is 2.16. The number of hydrogen-bond acceptors (Lipinski definition) is 3. The number of anilines is 1. The van der Waals surface area contributed by atoms with Crippen LogP contribution in [0, 0.1) is 0 Å². The van der Waals surface area contributed by atoms with E-state index in [2.05, 4.69) is 10.6 Å². The fourth-order valence-corrected chi connectivity index (χ4v) is 4.25. The lowest BCUT2D eigenvalue weighted by Crippen LogP contribution is -2.48. The number of carbonyl (C=O) groups is 2. The van der Waals surface area contributed by atoms with Crippen LogP contribution in [0.25, 0.3) is 0 Å². The van der Waals surface area contributed by atoms with E-state index in [-0.39, 0.29) is 25.4 Å². The van der Waals surface area contributed by atoms with E-state index in [9.17, 15) is 14.0 Å². The first-order valence-corrected chi connectivity index (χ1v) is 8.61. The smallest absolute Gasteiger partial charge is 0.261 e. The van der Waals surface area contributed by atoms with E-state index in [0.29, 0.717) is 35.2 Å². The Labute approximate surface area is 148 Å². The fraction of sp³-hybridized carbons (Fsp3) is 0.500. The van der Waals surface area contributed by atoms with Gasteiger partial charge in [0.05, 0.1) is 15.5 Å². The second kappa shape index (κ2) is 5.31. The summed E-state index contributed by atoms with van der Waals surface area (Å²) in [4.78, 5) is 26.6. The number of hydrogen-bond donors (Lipinski definition) is 2. The number of alkyl halides is 1. The quantitative estimate of drug-likeness (QED) is 0.794. The minimum atomic E-state index is -1.87. The standard InChI is InChI=1S/C16H16Cl2FN3O2/c17-10-5-9-12(6-11(10)18)21-13(23)15(9)2-4-22(8-15)14(24)16(19)1-3-20-7-16/h5-6,20H,1-4,7-8H2,(H,21,23)/t15-,16?/m1/s1. The molecule has 1 aromatic carbocycles. The van der Waals surface area contributed by atoms with E-state index in [1.54, 1.807) is 12.1 Å². The van der Waals surface area contributed by atoms with Gasteiger partial charge in [0, 0.05) is 31.7 Å². The Balaban J connectivity index is 1.66. The minimum absolute atomic E-state index is 0.0273. The van der Waals surface area contributed by atoms with E-state index in [1.165, 1.54) is 4.90 Å². The molecule has 1 unspecified atom stereocenters. The zero-order valence-electron chi connectivity index (χ0n) is 12.8. The predicted molar refractivity (Wildman–Crippen MR) is 89.3 cm³/mol. The number of nitrogens with one attached hydrogen (secondary N) is 2. The largest absolute Gasteiger partial charge is 0.338 e. The summed E-state index contributed by atoms with van der Waals surface area (Å²) in [5, 5.41) is 6.41. The topological polar surface area (TPSA) is 61.4 Å². The third-order valence-corrected chi connectivity index (χ3v) is 6.02. The van der Waals surface area contributed by atoms with Crippen molar-refractivity contribution < 1.29 is 14.0 Å². The number of carbonyl (C=O) groups excluding carboxylic acids is 2. The van der Waals surface area contributed by atoms with Crippen LogP contribution in [0.15, 0.2) is 12.1 Å². The summed E-state index contributed by atoms with van der Waals surface area (Å²) in [5.41, 5.74) is -1.40. The summed E-state index contributed by atoms with van der Waals surface area (Å²) in [5.74, 6) is -0.728. The molecule has 0 aliphatic carbocycles. The van der Waals surface area contributed by atoms with Gasteiger partial charge in [0.15, 0.2) is 0 Å². The number of amides is 2. The van der Waals surface area contributed by atoms with Gasteiger partial charge in [-0.1, -0.05) is 23.2 Å². The number of rotatable bonds is 1. The molecule has 2 saturated heterocycles. The molecule has 2 fully saturated rings. The lowest BCUT2D eigenvalue weighted by atomic mass is 9.81. The molecule has 3 heterocycles. The van der Waals surface area contributed by atoms with Crippen LogP contribution in [0.2, 0.25) is 10.0 Å². The minimum Gasteiger partial charge on any atom is -0.338 e. The Morgan fingerprint density at radius 1 is 1.25 bits per heavy atom. The first kappa shape index (κ1) is 16.1. The van der Waals surface area contributed by atoms with Gasteiger partial charge in [-0.25, -0.2) is 4.39 Å². The van der Waals surface area contributed by atoms with Crippen LogP contribution in [-0.4, -0.2) is 48.6 Å². The van der Waals surface area contributed by atoms with Crippen LogP contribution in [0.5, 0.6) is 0 Å². The van der Waals surface area contributed by atoms with Gasteiger partial charge in [0.2, 0.25) is 11.6 Å². The highest BCUT2D eigenvalue weighted by molar-refractivity contribution is 6.42. The maximum atomic E-state index is 14.8. The highest BCUT2D eigenvalue weighted by Crippen LogP contribution is 2.47. The van der Waals surface area contributed by atoms with Crippen molar-refractivity contribution in [3.05, 3.63) is 27.7 Å². The number of benzene rings is 1. The van der Waals surface area contributed by atoms with Crippen molar-refractivity contribution in [2.24, 2.45) is 0 Å². The van der Waals surface area contributed by atoms with Gasteiger partial charge >= 0.3 is 0 Å². The third-order valence-electron chi connectivity index (χ3n) is 5.30. The van der Waals surface area contributed by atoms with Crippen molar-refractivity contribution in [3.8, 4) is 0 Å². The van der Waals surface area contributed by atoms with E-state index in [4.69, 9.17) is 23.2 Å². The van der Waals surface area contributed by atoms with Crippen LogP contribution in [0.3, 0.4) is 0 Å². The molecule has 3 aliphatic heterocycles. The molecular formula is C16H16Cl2FN3O2. The SMILES string of the molecule is O=C(N1CC[C@]2(C1)C(=O)Nc1cc(Cl)c(Cl)cc12)C1(F)CCNC1. The highest BCUT2D eigenvalue weighted by atomic mass is 35.5. The zero-order valence-corrected chi connectivity index (χ0v) is 14.3. The summed E-state index contributed by atoms with van der Waals surface area (Å²) in [7, 11) is 0. The van der Waals surface area contributed by atoms with Crippen molar-refractivity contribution in [1.29, 1.82) is 0 Å². The molecule has 1 spiro atoms. The fourth-order valence-electron chi connectivity index (χ4n) is 3.93. The average molecular weight is 372 g/mol. The number of nitrogens with zero attached hydrogens (tertiary/aromatic N) is 1. The number of fused-ring (bicyclic) bond motifs is 2. The van der Waals surface area contributed by atoms with Crippen molar-refractivity contribution in [3.63, 3.8) is 0 Å². The molecule has 128 valence electrons. The van der Waals surface area contributed by atoms with Gasteiger partial charge in [-0.3, -0.25) is 9.59 Å². The second-order valence-corrected chi connectivity index (χ2v) is 7.53. The van der Waals surface area contributed by atoms with E-state index in [1.807, 2.05) is 0 Å². The normalized spacial score (nSPS) is 31.6. The Hall–Kier alpha value is -1.37. The van der Waals surface area contributed by atoms with Crippen LogP contribution in [-0.2, 0) is 15.0 Å². The Morgan fingerprint density at radius 2 is 2.00 bits per heavy atom. The van der Waals surface area contributed by atoms with E-state index >= 15 is 0 Å². The van der Waals surface area contributed by atoms with Gasteiger partial charge in [-0.2, -0.15) is 0 Å². The zero-order chi connectivity index (χ0) is 17.1. The molecule has 1 aromatic rings. The molecule has 0 radical (unpaired) electrons. The van der Waals surface area contributed by atoms with Gasteiger partial charge in [0.25, 0.3) is 5.91 Å². The summed E-state index contributed by atoms with van der Waals surface area (Å²) in [6, 6.07) is 3.29. The molecule has 0 aromatic heterocycles. The molecule has 2 amide bonds. The van der Waals surface area contributed by atoms with Crippen LogP contribution >= 0.6 is 23.2 Å². The van der Waals surface area contributed by atoms with E-state index < -0.39 is 17.0 Å². The molecule has 3 aliphatic rings. The number of halogens is 3. The molecule has 2 atom stereocenters. The lowest BCUT2D eigenvalue weighted by molar-refractivity contribution is -0.142. The summed E-state index contributed by atoms with van der Waals surface area (Å²) >= 11 is 12.1. The Morgan fingerprint density at radius 3 is 2.71 bits per heavy atom. The van der Waals surface area contributed by atoms with Gasteiger partial charge in [0.1, 0.15) is 0 Å². The van der Waals surface area contributed by atoms with E-state index in [0.717, 1.165) is 5.56 Å². The molecule has 0 bridgehead atoms. The summed E-state index contributed by atoms with van der Waals surface area (Å²) in [6.07, 6.45) is 0.610. The molecule has 4 rings (SSSR count).